The number of carbonyl (C=O) groups excluding carboxylic acids is 1. The van der Waals surface area contributed by atoms with Gasteiger partial charge in [-0.2, -0.15) is 0 Å². The van der Waals surface area contributed by atoms with Crippen LogP contribution in [0.4, 0.5) is 10.5 Å². The van der Waals surface area contributed by atoms with Gasteiger partial charge in [-0.1, -0.05) is 23.7 Å². The summed E-state index contributed by atoms with van der Waals surface area (Å²) in [5.74, 6) is 1.40. The molecule has 0 aromatic heterocycles. The molecular formula is C18H21ClN2O3. The number of methoxy groups -OCH3 is 1. The van der Waals surface area contributed by atoms with E-state index in [-0.39, 0.29) is 6.03 Å². The summed E-state index contributed by atoms with van der Waals surface area (Å²) < 4.78 is 10.6. The maximum atomic E-state index is 12.0. The average Bonchev–Trinajstić information content (AvgIpc) is 2.58. The molecule has 0 bridgehead atoms. The predicted molar refractivity (Wildman–Crippen MR) is 96.3 cm³/mol. The topological polar surface area (TPSA) is 59.6 Å². The quantitative estimate of drug-likeness (QED) is 0.791. The number of urea groups is 1. The van der Waals surface area contributed by atoms with Gasteiger partial charge >= 0.3 is 6.03 Å². The van der Waals surface area contributed by atoms with Gasteiger partial charge in [0.25, 0.3) is 0 Å². The third-order valence-electron chi connectivity index (χ3n) is 3.35. The summed E-state index contributed by atoms with van der Waals surface area (Å²) in [4.78, 5) is 12.0. The molecule has 0 fully saturated rings. The fourth-order valence-electron chi connectivity index (χ4n) is 2.16. The van der Waals surface area contributed by atoms with E-state index in [1.165, 1.54) is 0 Å². The fourth-order valence-corrected chi connectivity index (χ4v) is 2.33. The Morgan fingerprint density at radius 3 is 2.58 bits per heavy atom. The summed E-state index contributed by atoms with van der Waals surface area (Å²) in [6.07, 6.45) is 0.727. The molecule has 2 amide bonds. The zero-order valence-electron chi connectivity index (χ0n) is 13.8. The Bertz CT molecular complexity index is 674. The lowest BCUT2D eigenvalue weighted by Gasteiger charge is -2.12. The Kier molecular flexibility index (Phi) is 6.75. The van der Waals surface area contributed by atoms with Gasteiger partial charge in [0.15, 0.2) is 0 Å². The molecule has 2 aromatic rings. The van der Waals surface area contributed by atoms with Gasteiger partial charge in [0.2, 0.25) is 0 Å². The second-order valence-electron chi connectivity index (χ2n) is 5.05. The molecule has 0 radical (unpaired) electrons. The van der Waals surface area contributed by atoms with E-state index in [1.54, 1.807) is 25.3 Å². The minimum absolute atomic E-state index is 0.299. The van der Waals surface area contributed by atoms with E-state index in [9.17, 15) is 4.79 Å². The van der Waals surface area contributed by atoms with Gasteiger partial charge in [-0.3, -0.25) is 0 Å². The van der Waals surface area contributed by atoms with Crippen LogP contribution in [-0.2, 0) is 6.42 Å². The highest BCUT2D eigenvalue weighted by molar-refractivity contribution is 6.31. The van der Waals surface area contributed by atoms with Crippen molar-refractivity contribution in [1.29, 1.82) is 0 Å². The van der Waals surface area contributed by atoms with Crippen molar-refractivity contribution in [1.82, 2.24) is 5.32 Å². The van der Waals surface area contributed by atoms with E-state index in [0.717, 1.165) is 17.7 Å². The summed E-state index contributed by atoms with van der Waals surface area (Å²) in [6.45, 7) is 2.91. The lowest BCUT2D eigenvalue weighted by molar-refractivity contribution is 0.252. The summed E-state index contributed by atoms with van der Waals surface area (Å²) in [5.41, 5.74) is 1.67. The molecule has 0 saturated heterocycles. The number of halogens is 1. The molecule has 0 saturated carbocycles. The number of anilines is 1. The average molecular weight is 349 g/mol. The number of hydrogen-bond acceptors (Lipinski definition) is 3. The molecular weight excluding hydrogens is 328 g/mol. The molecule has 0 spiro atoms. The van der Waals surface area contributed by atoms with E-state index in [0.29, 0.717) is 29.6 Å². The normalized spacial score (nSPS) is 10.1. The Labute approximate surface area is 146 Å². The van der Waals surface area contributed by atoms with Crippen molar-refractivity contribution in [2.45, 2.75) is 13.3 Å². The van der Waals surface area contributed by atoms with Crippen LogP contribution in [0.3, 0.4) is 0 Å². The minimum atomic E-state index is -0.299. The third kappa shape index (κ3) is 5.35. The van der Waals surface area contributed by atoms with Crippen molar-refractivity contribution < 1.29 is 14.3 Å². The number of benzene rings is 2. The summed E-state index contributed by atoms with van der Waals surface area (Å²) in [7, 11) is 1.63. The molecule has 128 valence electrons. The molecule has 24 heavy (non-hydrogen) atoms. The van der Waals surface area contributed by atoms with E-state index in [4.69, 9.17) is 21.1 Å². The number of hydrogen-bond donors (Lipinski definition) is 2. The predicted octanol–water partition coefficient (Wildman–Crippen LogP) is 4.11. The monoisotopic (exact) mass is 348 g/mol. The van der Waals surface area contributed by atoms with Gasteiger partial charge in [0.05, 0.1) is 19.4 Å². The second-order valence-corrected chi connectivity index (χ2v) is 5.49. The molecule has 0 aliphatic carbocycles. The zero-order valence-corrected chi connectivity index (χ0v) is 14.5. The number of amides is 2. The van der Waals surface area contributed by atoms with Crippen LogP contribution < -0.4 is 20.1 Å². The number of ether oxygens (including phenoxy) is 2. The van der Waals surface area contributed by atoms with E-state index < -0.39 is 0 Å². The van der Waals surface area contributed by atoms with Crippen molar-refractivity contribution in [2.24, 2.45) is 0 Å². The van der Waals surface area contributed by atoms with Crippen LogP contribution in [0.15, 0.2) is 42.5 Å². The highest BCUT2D eigenvalue weighted by Crippen LogP contribution is 2.27. The molecule has 0 atom stereocenters. The van der Waals surface area contributed by atoms with Crippen LogP contribution in [-0.4, -0.2) is 26.3 Å². The Morgan fingerprint density at radius 1 is 1.17 bits per heavy atom. The lowest BCUT2D eigenvalue weighted by atomic mass is 10.1. The van der Waals surface area contributed by atoms with Gasteiger partial charge in [0.1, 0.15) is 11.5 Å². The molecule has 6 heteroatoms. The summed E-state index contributed by atoms with van der Waals surface area (Å²) in [6, 6.07) is 12.6. The Morgan fingerprint density at radius 2 is 1.92 bits per heavy atom. The number of rotatable bonds is 7. The SMILES string of the molecule is CCOc1ccc(Cl)cc1NC(=O)NCCc1ccc(OC)cc1. The van der Waals surface area contributed by atoms with Crippen molar-refractivity contribution in [3.63, 3.8) is 0 Å². The minimum Gasteiger partial charge on any atom is -0.497 e. The third-order valence-corrected chi connectivity index (χ3v) is 3.58. The van der Waals surface area contributed by atoms with Crippen LogP contribution in [0.5, 0.6) is 11.5 Å². The van der Waals surface area contributed by atoms with Gasteiger partial charge in [-0.25, -0.2) is 4.79 Å². The summed E-state index contributed by atoms with van der Waals surface area (Å²) >= 11 is 5.97. The lowest BCUT2D eigenvalue weighted by Crippen LogP contribution is -2.30. The summed E-state index contributed by atoms with van der Waals surface area (Å²) in [5, 5.41) is 6.11. The smallest absolute Gasteiger partial charge is 0.319 e. The highest BCUT2D eigenvalue weighted by Gasteiger charge is 2.08. The first-order chi connectivity index (χ1) is 11.6. The molecule has 5 nitrogen and oxygen atoms in total. The molecule has 2 aromatic carbocycles. The maximum Gasteiger partial charge on any atom is 0.319 e. The van der Waals surface area contributed by atoms with Crippen LogP contribution >= 0.6 is 11.6 Å². The molecule has 0 aliphatic rings. The van der Waals surface area contributed by atoms with E-state index in [2.05, 4.69) is 10.6 Å². The first-order valence-corrected chi connectivity index (χ1v) is 8.10. The van der Waals surface area contributed by atoms with E-state index >= 15 is 0 Å². The molecule has 2 rings (SSSR count). The maximum absolute atomic E-state index is 12.0. The Hall–Kier alpha value is -2.40. The van der Waals surface area contributed by atoms with E-state index in [1.807, 2.05) is 31.2 Å². The van der Waals surface area contributed by atoms with Crippen molar-refractivity contribution in [2.75, 3.05) is 25.6 Å². The molecule has 2 N–H and O–H groups in total. The van der Waals surface area contributed by atoms with Crippen LogP contribution in [0, 0.1) is 0 Å². The van der Waals surface area contributed by atoms with Crippen molar-refractivity contribution in [3.05, 3.63) is 53.1 Å². The van der Waals surface area contributed by atoms with Crippen molar-refractivity contribution >= 4 is 23.3 Å². The fraction of sp³-hybridized carbons (Fsp3) is 0.278. The number of carbonyl (C=O) groups is 1. The first-order valence-electron chi connectivity index (χ1n) is 7.72. The van der Waals surface area contributed by atoms with Crippen LogP contribution in [0.2, 0.25) is 5.02 Å². The van der Waals surface area contributed by atoms with Crippen LogP contribution in [0.25, 0.3) is 0 Å². The standard InChI is InChI=1S/C18H21ClN2O3/c1-3-24-17-9-6-14(19)12-16(17)21-18(22)20-11-10-13-4-7-15(23-2)8-5-13/h4-9,12H,3,10-11H2,1-2H3,(H2,20,21,22). The number of nitrogens with one attached hydrogen (secondary N) is 2. The molecule has 0 heterocycles. The van der Waals surface area contributed by atoms with Gasteiger partial charge in [-0.05, 0) is 49.2 Å². The van der Waals surface area contributed by atoms with Gasteiger partial charge < -0.3 is 20.1 Å². The van der Waals surface area contributed by atoms with Gasteiger partial charge in [0, 0.05) is 11.6 Å². The van der Waals surface area contributed by atoms with Gasteiger partial charge in [-0.15, -0.1) is 0 Å². The van der Waals surface area contributed by atoms with Crippen LogP contribution in [0.1, 0.15) is 12.5 Å². The molecule has 0 unspecified atom stereocenters. The zero-order chi connectivity index (χ0) is 17.4. The second kappa shape index (κ2) is 9.03. The highest BCUT2D eigenvalue weighted by atomic mass is 35.5. The molecule has 0 aliphatic heterocycles. The largest absolute Gasteiger partial charge is 0.497 e. The first kappa shape index (κ1) is 17.9. The van der Waals surface area contributed by atoms with Crippen molar-refractivity contribution in [3.8, 4) is 11.5 Å². The Balaban J connectivity index is 1.85.